The van der Waals surface area contributed by atoms with E-state index in [1.165, 1.54) is 12.1 Å². The normalized spacial score (nSPS) is 16.7. The second-order valence-electron chi connectivity index (χ2n) is 8.52. The number of cyclic esters (lactones) is 2. The molecule has 3 rings (SSSR count). The third-order valence-corrected chi connectivity index (χ3v) is 5.66. The number of fused-ring (bicyclic) bond motifs is 2. The van der Waals surface area contributed by atoms with Gasteiger partial charge in [-0.15, -0.1) is 0 Å². The Hall–Kier alpha value is -4.08. The van der Waals surface area contributed by atoms with Crippen molar-refractivity contribution < 1.29 is 47.6 Å². The molecule has 2 aromatic rings. The van der Waals surface area contributed by atoms with E-state index in [0.29, 0.717) is 48.4 Å². The second kappa shape index (κ2) is 15.9. The van der Waals surface area contributed by atoms with E-state index in [1.54, 1.807) is 24.3 Å². The number of esters is 2. The molecule has 0 saturated heterocycles. The number of carbonyl (C=O) groups excluding carboxylic acids is 4. The van der Waals surface area contributed by atoms with Crippen LogP contribution in [-0.4, -0.2) is 51.3 Å². The number of hydrogen-bond acceptors (Lipinski definition) is 10. The van der Waals surface area contributed by atoms with Crippen molar-refractivity contribution in [2.75, 3.05) is 26.8 Å². The first kappa shape index (κ1) is 28.5. The van der Waals surface area contributed by atoms with Crippen LogP contribution in [0.15, 0.2) is 36.4 Å². The lowest BCUT2D eigenvalue weighted by molar-refractivity contribution is -0.157. The predicted molar refractivity (Wildman–Crippen MR) is 135 cm³/mol. The molecule has 10 heteroatoms. The van der Waals surface area contributed by atoms with Gasteiger partial charge >= 0.3 is 11.9 Å². The lowest BCUT2D eigenvalue weighted by atomic mass is 10.1. The smallest absolute Gasteiger partial charge is 0.309 e. The van der Waals surface area contributed by atoms with Crippen LogP contribution >= 0.6 is 0 Å². The highest BCUT2D eigenvalue weighted by atomic mass is 16.7. The van der Waals surface area contributed by atoms with E-state index in [1.807, 2.05) is 0 Å². The molecule has 0 radical (unpaired) electrons. The molecule has 0 amide bonds. The monoisotopic (exact) mass is 528 g/mol. The topological polar surface area (TPSA) is 124 Å². The number of rotatable bonds is 2. The average Bonchev–Trinajstić information content (AvgIpc) is 2.93. The highest BCUT2D eigenvalue weighted by Gasteiger charge is 2.13. The van der Waals surface area contributed by atoms with Crippen LogP contribution in [0.3, 0.4) is 0 Å². The first-order valence-corrected chi connectivity index (χ1v) is 12.6. The van der Waals surface area contributed by atoms with Gasteiger partial charge in [0, 0.05) is 11.1 Å². The maximum atomic E-state index is 12.0. The van der Waals surface area contributed by atoms with E-state index in [0.717, 1.165) is 38.5 Å². The summed E-state index contributed by atoms with van der Waals surface area (Å²) in [6.07, 6.45) is 6.67. The molecule has 0 spiro atoms. The molecule has 1 heterocycles. The third kappa shape index (κ3) is 9.76. The Morgan fingerprint density at radius 3 is 1.34 bits per heavy atom. The van der Waals surface area contributed by atoms with Gasteiger partial charge in [-0.05, 0) is 49.2 Å². The summed E-state index contributed by atoms with van der Waals surface area (Å²) in [5.74, 6) is 0.129. The van der Waals surface area contributed by atoms with Crippen molar-refractivity contribution in [1.82, 2.24) is 0 Å². The molecule has 204 valence electrons. The van der Waals surface area contributed by atoms with Crippen molar-refractivity contribution in [2.45, 2.75) is 51.4 Å². The van der Waals surface area contributed by atoms with Crippen LogP contribution in [0.25, 0.3) is 0 Å². The van der Waals surface area contributed by atoms with Crippen LogP contribution in [0.4, 0.5) is 0 Å². The Morgan fingerprint density at radius 1 is 0.500 bits per heavy atom. The fraction of sp³-hybridized carbons (Fsp3) is 0.429. The van der Waals surface area contributed by atoms with Gasteiger partial charge in [0.2, 0.25) is 13.6 Å². The molecule has 0 fully saturated rings. The highest BCUT2D eigenvalue weighted by Crippen LogP contribution is 2.29. The number of hydrogen-bond donors (Lipinski definition) is 0. The zero-order valence-corrected chi connectivity index (χ0v) is 21.2. The standard InChI is InChI=1S/C28H32O10/c29-17-21-7-9-23-25(15-21)35-19-37-27(31)11-12-28(32)38-20-36-26-16-22(18-30)8-10-24(26)34-14-6-4-2-1-3-5-13-33-23/h7-10,15-18H,1-6,11-14,19-20H2. The van der Waals surface area contributed by atoms with Gasteiger partial charge in [-0.25, -0.2) is 0 Å². The summed E-state index contributed by atoms with van der Waals surface area (Å²) in [5.41, 5.74) is 0.788. The van der Waals surface area contributed by atoms with Gasteiger partial charge in [0.15, 0.2) is 23.0 Å². The van der Waals surface area contributed by atoms with Crippen LogP contribution in [0.1, 0.15) is 72.1 Å². The molecule has 0 atom stereocenters. The van der Waals surface area contributed by atoms with Crippen LogP contribution < -0.4 is 18.9 Å². The highest BCUT2D eigenvalue weighted by molar-refractivity contribution is 5.78. The van der Waals surface area contributed by atoms with Crippen LogP contribution in [0, 0.1) is 0 Å². The van der Waals surface area contributed by atoms with Gasteiger partial charge in [0.1, 0.15) is 12.6 Å². The molecule has 0 aromatic heterocycles. The Kier molecular flexibility index (Phi) is 11.9. The molecule has 0 saturated carbocycles. The molecule has 10 nitrogen and oxygen atoms in total. The largest absolute Gasteiger partial charge is 0.490 e. The summed E-state index contributed by atoms with van der Waals surface area (Å²) >= 11 is 0. The first-order chi connectivity index (χ1) is 18.6. The summed E-state index contributed by atoms with van der Waals surface area (Å²) in [6, 6.07) is 9.54. The number of aldehydes is 2. The summed E-state index contributed by atoms with van der Waals surface area (Å²) in [6.45, 7) is 0.125. The maximum Gasteiger partial charge on any atom is 0.309 e. The predicted octanol–water partition coefficient (Wildman–Crippen LogP) is 4.66. The first-order valence-electron chi connectivity index (χ1n) is 12.6. The lowest BCUT2D eigenvalue weighted by Gasteiger charge is -2.14. The zero-order valence-electron chi connectivity index (χ0n) is 21.2. The molecule has 0 N–H and O–H groups in total. The van der Waals surface area contributed by atoms with E-state index < -0.39 is 25.5 Å². The lowest BCUT2D eigenvalue weighted by Crippen LogP contribution is -2.15. The molecular weight excluding hydrogens is 496 g/mol. The van der Waals surface area contributed by atoms with Gasteiger partial charge in [-0.1, -0.05) is 25.7 Å². The van der Waals surface area contributed by atoms with E-state index in [-0.39, 0.29) is 24.3 Å². The zero-order chi connectivity index (χ0) is 27.0. The van der Waals surface area contributed by atoms with Gasteiger partial charge < -0.3 is 28.4 Å². The van der Waals surface area contributed by atoms with Crippen LogP contribution in [0.2, 0.25) is 0 Å². The van der Waals surface area contributed by atoms with Gasteiger partial charge in [0.05, 0.1) is 26.1 Å². The van der Waals surface area contributed by atoms with E-state index in [4.69, 9.17) is 28.4 Å². The van der Waals surface area contributed by atoms with Gasteiger partial charge in [-0.3, -0.25) is 19.2 Å². The molecule has 0 unspecified atom stereocenters. The summed E-state index contributed by atoms with van der Waals surface area (Å²) in [5, 5.41) is 0. The van der Waals surface area contributed by atoms with Gasteiger partial charge in [-0.2, -0.15) is 0 Å². The summed E-state index contributed by atoms with van der Waals surface area (Å²) in [7, 11) is 0. The Morgan fingerprint density at radius 2 is 0.921 bits per heavy atom. The number of benzene rings is 2. The summed E-state index contributed by atoms with van der Waals surface area (Å²) < 4.78 is 32.7. The van der Waals surface area contributed by atoms with Crippen molar-refractivity contribution >= 4 is 24.5 Å². The van der Waals surface area contributed by atoms with E-state index in [9.17, 15) is 19.2 Å². The minimum atomic E-state index is -0.666. The molecular formula is C28H32O10. The number of carbonyl (C=O) groups is 4. The molecule has 1 aliphatic rings. The molecule has 0 aliphatic carbocycles. The minimum Gasteiger partial charge on any atom is -0.490 e. The van der Waals surface area contributed by atoms with Crippen LogP contribution in [0.5, 0.6) is 23.0 Å². The van der Waals surface area contributed by atoms with Crippen molar-refractivity contribution in [3.63, 3.8) is 0 Å². The molecule has 2 aromatic carbocycles. The number of ether oxygens (including phenoxy) is 6. The SMILES string of the molecule is O=Cc1ccc2c(c1)OCOC(=O)CCC(=O)OCOc1cc(C=O)ccc1OCCCCCCCCO2. The molecule has 1 aliphatic heterocycles. The Bertz CT molecular complexity index is 996. The molecule has 0 bridgehead atoms. The fourth-order valence-corrected chi connectivity index (χ4v) is 3.60. The molecule has 38 heavy (non-hydrogen) atoms. The summed E-state index contributed by atoms with van der Waals surface area (Å²) in [4.78, 5) is 46.3. The fourth-order valence-electron chi connectivity index (χ4n) is 3.60. The second-order valence-corrected chi connectivity index (χ2v) is 8.52. The van der Waals surface area contributed by atoms with Crippen molar-refractivity contribution in [2.24, 2.45) is 0 Å². The Labute approximate surface area is 221 Å². The van der Waals surface area contributed by atoms with Crippen molar-refractivity contribution in [3.05, 3.63) is 47.5 Å². The quantitative estimate of drug-likeness (QED) is 0.401. The van der Waals surface area contributed by atoms with Gasteiger partial charge in [0.25, 0.3) is 0 Å². The third-order valence-electron chi connectivity index (χ3n) is 5.66. The van der Waals surface area contributed by atoms with Crippen molar-refractivity contribution in [3.8, 4) is 23.0 Å². The minimum absolute atomic E-state index is 0.227. The average molecular weight is 529 g/mol. The Balaban J connectivity index is 1.59. The van der Waals surface area contributed by atoms with Crippen LogP contribution in [-0.2, 0) is 19.1 Å². The maximum absolute atomic E-state index is 12.0. The van der Waals surface area contributed by atoms with Crippen molar-refractivity contribution in [1.29, 1.82) is 0 Å². The van der Waals surface area contributed by atoms with E-state index >= 15 is 0 Å². The van der Waals surface area contributed by atoms with E-state index in [2.05, 4.69) is 0 Å².